The van der Waals surface area contributed by atoms with Gasteiger partial charge in [-0.3, -0.25) is 0 Å². The van der Waals surface area contributed by atoms with Gasteiger partial charge in [-0.05, 0) is 6.92 Å². The molecule has 4 heteroatoms. The van der Waals surface area contributed by atoms with Crippen LogP contribution in [0.4, 0.5) is 0 Å². The summed E-state index contributed by atoms with van der Waals surface area (Å²) in [4.78, 5) is 10.2. The molecular formula is C6H11KO3. The molecule has 10 heavy (non-hydrogen) atoms. The molecule has 0 spiro atoms. The molecule has 0 aliphatic heterocycles. The minimum absolute atomic E-state index is 0. The zero-order valence-electron chi connectivity index (χ0n) is 6.84. The second kappa shape index (κ2) is 4.85. The van der Waals surface area contributed by atoms with Crippen LogP contribution in [0.25, 0.3) is 0 Å². The van der Waals surface area contributed by atoms with Crippen LogP contribution in [0, 0.1) is 5.41 Å². The summed E-state index contributed by atoms with van der Waals surface area (Å²) in [5.41, 5.74) is -1.14. The molecule has 0 radical (unpaired) electrons. The van der Waals surface area contributed by atoms with E-state index in [0.717, 1.165) is 0 Å². The first-order valence-electron chi connectivity index (χ1n) is 2.78. The number of rotatable bonds is 2. The summed E-state index contributed by atoms with van der Waals surface area (Å²) >= 11 is 0. The Morgan fingerprint density at radius 1 is 1.60 bits per heavy atom. The van der Waals surface area contributed by atoms with E-state index in [9.17, 15) is 9.90 Å². The summed E-state index contributed by atoms with van der Waals surface area (Å²) in [6, 6.07) is 0. The summed E-state index contributed by atoms with van der Waals surface area (Å²) in [6.07, 6.45) is -0.873. The number of carboxylic acid groups (broad SMARTS) is 1. The topological polar surface area (TPSA) is 60.4 Å². The van der Waals surface area contributed by atoms with E-state index in [4.69, 9.17) is 5.11 Å². The molecule has 0 aromatic carbocycles. The molecule has 3 nitrogen and oxygen atoms in total. The maximum atomic E-state index is 10.2. The van der Waals surface area contributed by atoms with Crippen molar-refractivity contribution in [2.75, 3.05) is 0 Å². The Morgan fingerprint density at radius 3 is 1.90 bits per heavy atom. The summed E-state index contributed by atoms with van der Waals surface area (Å²) < 4.78 is 0. The Kier molecular flexibility index (Phi) is 6.61. The van der Waals surface area contributed by atoms with Crippen molar-refractivity contribution < 1.29 is 66.4 Å². The van der Waals surface area contributed by atoms with Crippen LogP contribution >= 0.6 is 0 Å². The van der Waals surface area contributed by atoms with Gasteiger partial charge in [0.05, 0.1) is 6.10 Å². The van der Waals surface area contributed by atoms with Crippen LogP contribution in [0.15, 0.2) is 0 Å². The van der Waals surface area contributed by atoms with Crippen LogP contribution in [0.1, 0.15) is 20.8 Å². The van der Waals surface area contributed by atoms with E-state index in [0.29, 0.717) is 0 Å². The number of hydrogen-bond donors (Lipinski definition) is 1. The molecule has 0 heterocycles. The summed E-state index contributed by atoms with van der Waals surface area (Å²) in [7, 11) is 0. The first kappa shape index (κ1) is 13.6. The van der Waals surface area contributed by atoms with Gasteiger partial charge in [-0.25, -0.2) is 0 Å². The van der Waals surface area contributed by atoms with Gasteiger partial charge >= 0.3 is 51.4 Å². The van der Waals surface area contributed by atoms with Gasteiger partial charge in [-0.1, -0.05) is 13.8 Å². The standard InChI is InChI=1S/C6H12O3.K/c1-4(7)6(2,3)5(8)9;/h4,7H,1-3H3,(H,8,9);/q;+1/p-1. The molecule has 0 saturated carbocycles. The van der Waals surface area contributed by atoms with Crippen molar-refractivity contribution in [2.24, 2.45) is 5.41 Å². The predicted molar refractivity (Wildman–Crippen MR) is 30.5 cm³/mol. The van der Waals surface area contributed by atoms with Gasteiger partial charge in [0.25, 0.3) is 0 Å². The van der Waals surface area contributed by atoms with Crippen molar-refractivity contribution >= 4 is 5.97 Å². The second-order valence-corrected chi connectivity index (χ2v) is 2.69. The first-order valence-corrected chi connectivity index (χ1v) is 2.78. The largest absolute Gasteiger partial charge is 1.00 e. The molecule has 1 atom stereocenters. The van der Waals surface area contributed by atoms with Crippen LogP contribution in [0.3, 0.4) is 0 Å². The molecule has 0 saturated heterocycles. The molecule has 1 N–H and O–H groups in total. The number of aliphatic hydroxyl groups excluding tert-OH is 1. The summed E-state index contributed by atoms with van der Waals surface area (Å²) in [6.45, 7) is 4.27. The third-order valence-corrected chi connectivity index (χ3v) is 1.57. The number of hydrogen-bond acceptors (Lipinski definition) is 3. The summed E-state index contributed by atoms with van der Waals surface area (Å²) in [5.74, 6) is -1.22. The average Bonchev–Trinajstić information content (AvgIpc) is 1.65. The fraction of sp³-hybridized carbons (Fsp3) is 0.833. The molecule has 0 amide bonds. The number of carboxylic acids is 1. The van der Waals surface area contributed by atoms with Crippen molar-refractivity contribution in [3.05, 3.63) is 0 Å². The Labute approximate surface area is 103 Å². The van der Waals surface area contributed by atoms with Gasteiger partial charge in [0, 0.05) is 11.4 Å². The van der Waals surface area contributed by atoms with Crippen LogP contribution in [0.5, 0.6) is 0 Å². The Hall–Kier alpha value is 1.07. The van der Waals surface area contributed by atoms with Crippen LogP contribution in [0.2, 0.25) is 0 Å². The average molecular weight is 170 g/mol. The van der Waals surface area contributed by atoms with Crippen molar-refractivity contribution in [3.8, 4) is 0 Å². The fourth-order valence-corrected chi connectivity index (χ4v) is 0.171. The minimum Gasteiger partial charge on any atom is -0.549 e. The molecule has 0 rings (SSSR count). The monoisotopic (exact) mass is 170 g/mol. The van der Waals surface area contributed by atoms with E-state index >= 15 is 0 Å². The van der Waals surface area contributed by atoms with E-state index < -0.39 is 17.5 Å². The van der Waals surface area contributed by atoms with Crippen LogP contribution in [-0.4, -0.2) is 17.2 Å². The van der Waals surface area contributed by atoms with E-state index in [2.05, 4.69) is 0 Å². The Morgan fingerprint density at radius 2 is 1.90 bits per heavy atom. The number of carbonyl (C=O) groups excluding carboxylic acids is 1. The van der Waals surface area contributed by atoms with Crippen molar-refractivity contribution in [2.45, 2.75) is 26.9 Å². The molecule has 0 aliphatic carbocycles. The maximum Gasteiger partial charge on any atom is 1.00 e. The van der Waals surface area contributed by atoms with Gasteiger partial charge in [0.1, 0.15) is 0 Å². The normalized spacial score (nSPS) is 13.6. The molecule has 54 valence electrons. The fourth-order valence-electron chi connectivity index (χ4n) is 0.171. The SMILES string of the molecule is CC(O)C(C)(C)C(=O)[O-].[K+]. The number of aliphatic hydroxyl groups is 1. The van der Waals surface area contributed by atoms with Gasteiger partial charge in [0.2, 0.25) is 0 Å². The molecule has 0 fully saturated rings. The quantitative estimate of drug-likeness (QED) is 0.432. The summed E-state index contributed by atoms with van der Waals surface area (Å²) in [5, 5.41) is 19.0. The van der Waals surface area contributed by atoms with E-state index in [-0.39, 0.29) is 51.4 Å². The van der Waals surface area contributed by atoms with Crippen LogP contribution < -0.4 is 56.5 Å². The molecule has 0 aliphatic rings. The molecule has 0 aromatic heterocycles. The third-order valence-electron chi connectivity index (χ3n) is 1.57. The molecule has 0 aromatic rings. The van der Waals surface area contributed by atoms with Gasteiger partial charge in [-0.2, -0.15) is 0 Å². The Balaban J connectivity index is 0. The molecule has 1 unspecified atom stereocenters. The molecule has 0 bridgehead atoms. The smallest absolute Gasteiger partial charge is 0.549 e. The zero-order chi connectivity index (χ0) is 7.65. The van der Waals surface area contributed by atoms with E-state index in [1.165, 1.54) is 20.8 Å². The predicted octanol–water partition coefficient (Wildman–Crippen LogP) is -3.85. The van der Waals surface area contributed by atoms with Crippen molar-refractivity contribution in [3.63, 3.8) is 0 Å². The maximum absolute atomic E-state index is 10.2. The van der Waals surface area contributed by atoms with Crippen LogP contribution in [-0.2, 0) is 4.79 Å². The van der Waals surface area contributed by atoms with Gasteiger partial charge < -0.3 is 15.0 Å². The first-order chi connectivity index (χ1) is 3.89. The number of aliphatic carboxylic acids is 1. The third kappa shape index (κ3) is 3.46. The van der Waals surface area contributed by atoms with Crippen molar-refractivity contribution in [1.82, 2.24) is 0 Å². The molecular weight excluding hydrogens is 159 g/mol. The Bertz CT molecular complexity index is 120. The number of carbonyl (C=O) groups is 1. The van der Waals surface area contributed by atoms with Gasteiger partial charge in [-0.15, -0.1) is 0 Å². The zero-order valence-corrected chi connectivity index (χ0v) is 9.96. The van der Waals surface area contributed by atoms with E-state index in [1.807, 2.05) is 0 Å². The minimum atomic E-state index is -1.22. The second-order valence-electron chi connectivity index (χ2n) is 2.69. The van der Waals surface area contributed by atoms with Gasteiger partial charge in [0.15, 0.2) is 0 Å². The van der Waals surface area contributed by atoms with E-state index in [1.54, 1.807) is 0 Å². The van der Waals surface area contributed by atoms with Crippen molar-refractivity contribution in [1.29, 1.82) is 0 Å².